The Hall–Kier alpha value is -2.87. The summed E-state index contributed by atoms with van der Waals surface area (Å²) in [5.74, 6) is -0.00177. The predicted molar refractivity (Wildman–Crippen MR) is 105 cm³/mol. The van der Waals surface area contributed by atoms with Crippen molar-refractivity contribution in [3.05, 3.63) is 71.5 Å². The molecule has 0 unspecified atom stereocenters. The number of benzene rings is 2. The number of carbonyl (C=O) groups is 1. The molecule has 28 heavy (non-hydrogen) atoms. The largest absolute Gasteiger partial charge is 0.435 e. The molecule has 0 saturated heterocycles. The maximum atomic E-state index is 12.1. The number of carbonyl (C=O) groups excluding carboxylic acids is 1. The van der Waals surface area contributed by atoms with Crippen LogP contribution in [0.15, 0.2) is 59.8 Å². The number of nitrogens with zero attached hydrogens (tertiary/aromatic N) is 1. The fraction of sp³-hybridized carbons (Fsp3) is 0.200. The molecule has 1 heterocycles. The van der Waals surface area contributed by atoms with Crippen molar-refractivity contribution in [2.24, 2.45) is 0 Å². The van der Waals surface area contributed by atoms with Crippen molar-refractivity contribution in [1.82, 2.24) is 9.97 Å². The number of thioether (sulfide) groups is 1. The van der Waals surface area contributed by atoms with Crippen LogP contribution in [0.1, 0.15) is 17.0 Å². The fourth-order valence-corrected chi connectivity index (χ4v) is 3.29. The summed E-state index contributed by atoms with van der Waals surface area (Å²) >= 11 is 1.30. The van der Waals surface area contributed by atoms with E-state index in [1.54, 1.807) is 0 Å². The van der Waals surface area contributed by atoms with E-state index in [0.29, 0.717) is 10.8 Å². The fourth-order valence-electron chi connectivity index (χ4n) is 2.55. The van der Waals surface area contributed by atoms with E-state index in [4.69, 9.17) is 0 Å². The number of hydrogen-bond donors (Lipinski definition) is 2. The summed E-state index contributed by atoms with van der Waals surface area (Å²) in [6, 6.07) is 15.8. The van der Waals surface area contributed by atoms with Crippen molar-refractivity contribution in [2.45, 2.75) is 25.1 Å². The number of rotatable bonds is 8. The molecule has 3 aromatic rings. The highest BCUT2D eigenvalue weighted by Gasteiger charge is 2.11. The van der Waals surface area contributed by atoms with Gasteiger partial charge in [-0.15, -0.1) is 0 Å². The summed E-state index contributed by atoms with van der Waals surface area (Å²) in [5.41, 5.74) is 3.60. The Morgan fingerprint density at radius 3 is 2.57 bits per heavy atom. The standard InChI is InChI=1S/C20H19F2N3O2S/c1-13-17(11-14-5-3-2-4-6-14)25-20(23-13)28-12-18(26)24-15-7-9-16(10-8-15)27-19(21)22/h2-10,19H,11-12H2,1H3,(H,23,25)(H,24,26). The Morgan fingerprint density at radius 2 is 1.89 bits per heavy atom. The number of anilines is 1. The second kappa shape index (κ2) is 9.36. The molecule has 0 atom stereocenters. The second-order valence-electron chi connectivity index (χ2n) is 6.02. The van der Waals surface area contributed by atoms with Crippen molar-refractivity contribution in [1.29, 1.82) is 0 Å². The van der Waals surface area contributed by atoms with Gasteiger partial charge < -0.3 is 15.0 Å². The van der Waals surface area contributed by atoms with Gasteiger partial charge in [0.05, 0.1) is 11.4 Å². The van der Waals surface area contributed by atoms with Crippen LogP contribution in [0.3, 0.4) is 0 Å². The molecule has 2 N–H and O–H groups in total. The lowest BCUT2D eigenvalue weighted by molar-refractivity contribution is -0.113. The Balaban J connectivity index is 1.51. The van der Waals surface area contributed by atoms with E-state index in [1.165, 1.54) is 41.6 Å². The number of amides is 1. The summed E-state index contributed by atoms with van der Waals surface area (Å²) in [5, 5.41) is 3.39. The molecule has 0 aliphatic rings. The molecule has 0 saturated carbocycles. The highest BCUT2D eigenvalue weighted by atomic mass is 32.2. The molecule has 1 amide bonds. The number of aromatic amines is 1. The molecule has 8 heteroatoms. The van der Waals surface area contributed by atoms with Gasteiger partial charge in [0.1, 0.15) is 5.75 Å². The molecule has 2 aromatic carbocycles. The molecule has 3 rings (SSSR count). The lowest BCUT2D eigenvalue weighted by atomic mass is 10.1. The van der Waals surface area contributed by atoms with Gasteiger partial charge in [-0.1, -0.05) is 42.1 Å². The van der Waals surface area contributed by atoms with Gasteiger partial charge in [0, 0.05) is 17.8 Å². The Bertz CT molecular complexity index is 915. The van der Waals surface area contributed by atoms with Crippen molar-refractivity contribution in [3.63, 3.8) is 0 Å². The van der Waals surface area contributed by atoms with E-state index in [9.17, 15) is 13.6 Å². The Labute approximate surface area is 165 Å². The zero-order valence-corrected chi connectivity index (χ0v) is 15.9. The number of nitrogens with one attached hydrogen (secondary N) is 2. The maximum absolute atomic E-state index is 12.1. The van der Waals surface area contributed by atoms with Gasteiger partial charge in [0.25, 0.3) is 0 Å². The molecule has 0 aliphatic carbocycles. The highest BCUT2D eigenvalue weighted by molar-refractivity contribution is 7.99. The molecule has 1 aromatic heterocycles. The smallest absolute Gasteiger partial charge is 0.387 e. The molecule has 0 radical (unpaired) electrons. The van der Waals surface area contributed by atoms with Crippen LogP contribution in [0, 0.1) is 6.92 Å². The zero-order valence-electron chi connectivity index (χ0n) is 15.1. The molecule has 146 valence electrons. The molecule has 5 nitrogen and oxygen atoms in total. The van der Waals surface area contributed by atoms with E-state index in [2.05, 4.69) is 20.0 Å². The van der Waals surface area contributed by atoms with Gasteiger partial charge in [0.2, 0.25) is 5.91 Å². The van der Waals surface area contributed by atoms with Gasteiger partial charge in [-0.3, -0.25) is 4.79 Å². The van der Waals surface area contributed by atoms with E-state index in [1.807, 2.05) is 37.3 Å². The minimum Gasteiger partial charge on any atom is -0.435 e. The van der Waals surface area contributed by atoms with Gasteiger partial charge in [-0.25, -0.2) is 4.98 Å². The van der Waals surface area contributed by atoms with Crippen LogP contribution in [0.5, 0.6) is 5.75 Å². The highest BCUT2D eigenvalue weighted by Crippen LogP contribution is 2.21. The average molecular weight is 403 g/mol. The summed E-state index contributed by atoms with van der Waals surface area (Å²) in [6.07, 6.45) is 0.725. The number of aryl methyl sites for hydroxylation is 1. The lowest BCUT2D eigenvalue weighted by Crippen LogP contribution is -2.14. The van der Waals surface area contributed by atoms with Gasteiger partial charge in [-0.05, 0) is 36.8 Å². The summed E-state index contributed by atoms with van der Waals surface area (Å²) in [4.78, 5) is 19.9. The van der Waals surface area contributed by atoms with Crippen molar-refractivity contribution < 1.29 is 18.3 Å². The molecule has 0 fully saturated rings. The van der Waals surface area contributed by atoms with E-state index in [0.717, 1.165) is 17.8 Å². The van der Waals surface area contributed by atoms with E-state index < -0.39 is 6.61 Å². The van der Waals surface area contributed by atoms with Gasteiger partial charge in [0.15, 0.2) is 5.16 Å². The summed E-state index contributed by atoms with van der Waals surface area (Å²) in [7, 11) is 0. The Kier molecular flexibility index (Phi) is 6.65. The van der Waals surface area contributed by atoms with Crippen molar-refractivity contribution >= 4 is 23.4 Å². The number of halogens is 2. The monoisotopic (exact) mass is 403 g/mol. The van der Waals surface area contributed by atoms with Crippen molar-refractivity contribution in [2.75, 3.05) is 11.1 Å². The quantitative estimate of drug-likeness (QED) is 0.538. The number of aromatic nitrogens is 2. The number of hydrogen-bond acceptors (Lipinski definition) is 4. The lowest BCUT2D eigenvalue weighted by Gasteiger charge is -2.07. The van der Waals surface area contributed by atoms with Crippen LogP contribution >= 0.6 is 11.8 Å². The average Bonchev–Trinajstić information content (AvgIpc) is 3.02. The Morgan fingerprint density at radius 1 is 1.18 bits per heavy atom. The topological polar surface area (TPSA) is 67.0 Å². The molecule has 0 bridgehead atoms. The minimum absolute atomic E-state index is 0.0411. The minimum atomic E-state index is -2.87. The molecular weight excluding hydrogens is 384 g/mol. The third-order valence-corrected chi connectivity index (χ3v) is 4.75. The number of alkyl halides is 2. The first-order valence-corrected chi connectivity index (χ1v) is 9.55. The third-order valence-electron chi connectivity index (χ3n) is 3.88. The van der Waals surface area contributed by atoms with Crippen LogP contribution in [-0.2, 0) is 11.2 Å². The summed E-state index contributed by atoms with van der Waals surface area (Å²) < 4.78 is 28.6. The summed E-state index contributed by atoms with van der Waals surface area (Å²) in [6.45, 7) is -0.918. The second-order valence-corrected chi connectivity index (χ2v) is 6.98. The number of ether oxygens (including phenoxy) is 1. The molecule has 0 aliphatic heterocycles. The van der Waals surface area contributed by atoms with Gasteiger partial charge in [-0.2, -0.15) is 8.78 Å². The third kappa shape index (κ3) is 5.82. The normalized spacial score (nSPS) is 10.9. The first kappa shape index (κ1) is 19.9. The van der Waals surface area contributed by atoms with Crippen LogP contribution in [-0.4, -0.2) is 28.2 Å². The van der Waals surface area contributed by atoms with E-state index in [-0.39, 0.29) is 17.4 Å². The van der Waals surface area contributed by atoms with Crippen LogP contribution in [0.4, 0.5) is 14.5 Å². The van der Waals surface area contributed by atoms with Gasteiger partial charge >= 0.3 is 6.61 Å². The zero-order chi connectivity index (χ0) is 19.9. The van der Waals surface area contributed by atoms with E-state index >= 15 is 0 Å². The first-order valence-electron chi connectivity index (χ1n) is 8.56. The molecule has 0 spiro atoms. The van der Waals surface area contributed by atoms with Crippen LogP contribution in [0.2, 0.25) is 0 Å². The molecular formula is C20H19F2N3O2S. The number of H-pyrrole nitrogens is 1. The van der Waals surface area contributed by atoms with Crippen LogP contribution < -0.4 is 10.1 Å². The van der Waals surface area contributed by atoms with Crippen LogP contribution in [0.25, 0.3) is 0 Å². The SMILES string of the molecule is Cc1[nH]c(SCC(=O)Nc2ccc(OC(F)F)cc2)nc1Cc1ccccc1. The number of imidazole rings is 1. The maximum Gasteiger partial charge on any atom is 0.387 e. The first-order chi connectivity index (χ1) is 13.5. The predicted octanol–water partition coefficient (Wildman–Crippen LogP) is 4.64. The van der Waals surface area contributed by atoms with Crippen molar-refractivity contribution in [3.8, 4) is 5.75 Å².